The van der Waals surface area contributed by atoms with Gasteiger partial charge in [0.05, 0.1) is 11.9 Å². The van der Waals surface area contributed by atoms with Gasteiger partial charge in [-0.2, -0.15) is 0 Å². The quantitative estimate of drug-likeness (QED) is 0.600. The van der Waals surface area contributed by atoms with E-state index in [9.17, 15) is 9.59 Å². The van der Waals surface area contributed by atoms with Crippen molar-refractivity contribution in [3.05, 3.63) is 52.5 Å². The summed E-state index contributed by atoms with van der Waals surface area (Å²) in [6.07, 6.45) is -0.117. The maximum absolute atomic E-state index is 11.7. The highest BCUT2D eigenvalue weighted by molar-refractivity contribution is 7.07. The van der Waals surface area contributed by atoms with Gasteiger partial charge in [-0.25, -0.2) is 4.98 Å². The minimum atomic E-state index is -0.227. The lowest BCUT2D eigenvalue weighted by molar-refractivity contribution is 0.0892. The summed E-state index contributed by atoms with van der Waals surface area (Å²) < 4.78 is 0. The van der Waals surface area contributed by atoms with Crippen molar-refractivity contribution in [3.8, 4) is 0 Å². The first kappa shape index (κ1) is 10.7. The molecule has 1 aromatic carbocycles. The molecule has 0 aliphatic heterocycles. The Morgan fingerprint density at radius 2 is 1.88 bits per heavy atom. The summed E-state index contributed by atoms with van der Waals surface area (Å²) in [4.78, 5) is 27.2. The minimum absolute atomic E-state index is 0.117. The molecular formula is C12H9NO2S. The zero-order valence-corrected chi connectivity index (χ0v) is 9.24. The summed E-state index contributed by atoms with van der Waals surface area (Å²) >= 11 is 1.35. The molecule has 0 bridgehead atoms. The average molecular weight is 231 g/mol. The molecule has 0 saturated carbocycles. The fraction of sp³-hybridized carbons (Fsp3) is 0.0833. The lowest BCUT2D eigenvalue weighted by Crippen LogP contribution is -2.08. The summed E-state index contributed by atoms with van der Waals surface area (Å²) in [6, 6.07) is 8.80. The van der Waals surface area contributed by atoms with E-state index in [4.69, 9.17) is 0 Å². The second-order valence-electron chi connectivity index (χ2n) is 3.26. The smallest absolute Gasteiger partial charge is 0.189 e. The molecule has 4 heteroatoms. The number of nitrogens with zero attached hydrogens (tertiary/aromatic N) is 1. The van der Waals surface area contributed by atoms with Gasteiger partial charge < -0.3 is 0 Å². The molecule has 0 aliphatic rings. The number of aromatic nitrogens is 1. The summed E-state index contributed by atoms with van der Waals surface area (Å²) in [5.74, 6) is -0.395. The number of thiazole rings is 1. The van der Waals surface area contributed by atoms with Gasteiger partial charge in [0.2, 0.25) is 0 Å². The van der Waals surface area contributed by atoms with E-state index in [-0.39, 0.29) is 18.0 Å². The van der Waals surface area contributed by atoms with Crippen LogP contribution in [0.1, 0.15) is 27.3 Å². The molecule has 16 heavy (non-hydrogen) atoms. The molecule has 0 radical (unpaired) electrons. The van der Waals surface area contributed by atoms with E-state index in [2.05, 4.69) is 4.98 Å². The number of hydrogen-bond acceptors (Lipinski definition) is 4. The molecule has 3 nitrogen and oxygen atoms in total. The normalized spacial score (nSPS) is 10.0. The average Bonchev–Trinajstić information content (AvgIpc) is 2.83. The predicted molar refractivity (Wildman–Crippen MR) is 61.8 cm³/mol. The molecule has 2 aromatic rings. The Bertz CT molecular complexity index is 491. The predicted octanol–water partition coefficient (Wildman–Crippen LogP) is 2.60. The first-order chi connectivity index (χ1) is 7.77. The van der Waals surface area contributed by atoms with Crippen molar-refractivity contribution < 1.29 is 9.59 Å². The van der Waals surface area contributed by atoms with Crippen molar-refractivity contribution in [1.29, 1.82) is 0 Å². The third-order valence-electron chi connectivity index (χ3n) is 2.13. The molecule has 0 aliphatic carbocycles. The van der Waals surface area contributed by atoms with Crippen molar-refractivity contribution in [3.63, 3.8) is 0 Å². The van der Waals surface area contributed by atoms with Crippen LogP contribution in [0.2, 0.25) is 0 Å². The Balaban J connectivity index is 2.06. The number of ketones is 2. The number of Topliss-reactive ketones (excluding diaryl/α,β-unsaturated/α-hetero) is 2. The van der Waals surface area contributed by atoms with Crippen LogP contribution in [0, 0.1) is 0 Å². The van der Waals surface area contributed by atoms with Gasteiger partial charge in [-0.05, 0) is 0 Å². The molecule has 1 aromatic heterocycles. The van der Waals surface area contributed by atoms with Gasteiger partial charge in [0, 0.05) is 10.9 Å². The van der Waals surface area contributed by atoms with Gasteiger partial charge in [0.25, 0.3) is 0 Å². The fourth-order valence-electron chi connectivity index (χ4n) is 1.31. The van der Waals surface area contributed by atoms with E-state index in [1.54, 1.807) is 35.2 Å². The molecule has 0 unspecified atom stereocenters. The molecule has 0 spiro atoms. The monoisotopic (exact) mass is 231 g/mol. The molecule has 80 valence electrons. The standard InChI is InChI=1S/C12H9NO2S/c14-11(9-4-2-1-3-5-9)6-12(15)10-7-16-8-13-10/h1-5,7-8H,6H2. The Morgan fingerprint density at radius 3 is 2.50 bits per heavy atom. The number of carbonyl (C=O) groups excluding carboxylic acids is 2. The maximum Gasteiger partial charge on any atom is 0.189 e. The highest BCUT2D eigenvalue weighted by Crippen LogP contribution is 2.08. The SMILES string of the molecule is O=C(CC(=O)c1cscn1)c1ccccc1. The number of hydrogen-bond donors (Lipinski definition) is 0. The number of rotatable bonds is 4. The van der Waals surface area contributed by atoms with Gasteiger partial charge in [-0.3, -0.25) is 9.59 Å². The first-order valence-electron chi connectivity index (χ1n) is 4.77. The van der Waals surface area contributed by atoms with Crippen molar-refractivity contribution in [2.45, 2.75) is 6.42 Å². The highest BCUT2D eigenvalue weighted by atomic mass is 32.1. The largest absolute Gasteiger partial charge is 0.294 e. The van der Waals surface area contributed by atoms with Crippen LogP contribution in [0.3, 0.4) is 0 Å². The van der Waals surface area contributed by atoms with Gasteiger partial charge in [0.15, 0.2) is 11.6 Å². The van der Waals surface area contributed by atoms with Crippen molar-refractivity contribution in [2.75, 3.05) is 0 Å². The molecule has 0 fully saturated rings. The van der Waals surface area contributed by atoms with Crippen molar-refractivity contribution in [1.82, 2.24) is 4.98 Å². The topological polar surface area (TPSA) is 47.0 Å². The van der Waals surface area contributed by atoms with Crippen LogP contribution >= 0.6 is 11.3 Å². The van der Waals surface area contributed by atoms with Gasteiger partial charge >= 0.3 is 0 Å². The number of carbonyl (C=O) groups is 2. The fourth-order valence-corrected chi connectivity index (χ4v) is 1.87. The van der Waals surface area contributed by atoms with Crippen LogP contribution in [0.5, 0.6) is 0 Å². The van der Waals surface area contributed by atoms with Crippen LogP contribution in [0.4, 0.5) is 0 Å². The molecule has 2 rings (SSSR count). The van der Waals surface area contributed by atoms with Gasteiger partial charge in [-0.1, -0.05) is 30.3 Å². The summed E-state index contributed by atoms with van der Waals surface area (Å²) in [5.41, 5.74) is 2.51. The molecule has 0 N–H and O–H groups in total. The van der Waals surface area contributed by atoms with E-state index in [0.29, 0.717) is 11.3 Å². The summed E-state index contributed by atoms with van der Waals surface area (Å²) in [7, 11) is 0. The second kappa shape index (κ2) is 4.81. The Kier molecular flexibility index (Phi) is 3.22. The molecular weight excluding hydrogens is 222 g/mol. The Labute approximate surface area is 96.8 Å². The van der Waals surface area contributed by atoms with Crippen LogP contribution in [-0.4, -0.2) is 16.6 Å². The zero-order chi connectivity index (χ0) is 11.4. The van der Waals surface area contributed by atoms with Gasteiger partial charge in [-0.15, -0.1) is 11.3 Å². The molecule has 0 atom stereocenters. The minimum Gasteiger partial charge on any atom is -0.294 e. The van der Waals surface area contributed by atoms with E-state index >= 15 is 0 Å². The lowest BCUT2D eigenvalue weighted by Gasteiger charge is -1.98. The second-order valence-corrected chi connectivity index (χ2v) is 3.98. The van der Waals surface area contributed by atoms with Crippen molar-refractivity contribution in [2.24, 2.45) is 0 Å². The van der Waals surface area contributed by atoms with Crippen molar-refractivity contribution >= 4 is 22.9 Å². The molecule has 0 amide bonds. The van der Waals surface area contributed by atoms with E-state index in [1.807, 2.05) is 6.07 Å². The molecule has 1 heterocycles. The first-order valence-corrected chi connectivity index (χ1v) is 5.71. The van der Waals surface area contributed by atoms with E-state index in [1.165, 1.54) is 11.3 Å². The van der Waals surface area contributed by atoms with Crippen LogP contribution in [0.15, 0.2) is 41.2 Å². The van der Waals surface area contributed by atoms with Crippen LogP contribution < -0.4 is 0 Å². The van der Waals surface area contributed by atoms with E-state index in [0.717, 1.165) is 0 Å². The summed E-state index contributed by atoms with van der Waals surface area (Å²) in [6.45, 7) is 0. The van der Waals surface area contributed by atoms with Crippen LogP contribution in [-0.2, 0) is 0 Å². The highest BCUT2D eigenvalue weighted by Gasteiger charge is 2.14. The van der Waals surface area contributed by atoms with E-state index < -0.39 is 0 Å². The van der Waals surface area contributed by atoms with Crippen LogP contribution in [0.25, 0.3) is 0 Å². The zero-order valence-electron chi connectivity index (χ0n) is 8.42. The third-order valence-corrected chi connectivity index (χ3v) is 2.72. The lowest BCUT2D eigenvalue weighted by atomic mass is 10.1. The van der Waals surface area contributed by atoms with Gasteiger partial charge in [0.1, 0.15) is 5.69 Å². The third kappa shape index (κ3) is 2.41. The Hall–Kier alpha value is -1.81. The maximum atomic E-state index is 11.7. The summed E-state index contributed by atoms with van der Waals surface area (Å²) in [5, 5.41) is 1.65. The Morgan fingerprint density at radius 1 is 1.12 bits per heavy atom. The molecule has 0 saturated heterocycles. The number of benzene rings is 1.